The van der Waals surface area contributed by atoms with E-state index in [-0.39, 0.29) is 11.9 Å². The molecule has 0 aromatic carbocycles. The molecule has 5 heteroatoms. The first-order valence-electron chi connectivity index (χ1n) is 8.15. The predicted octanol–water partition coefficient (Wildman–Crippen LogP) is 3.01. The van der Waals surface area contributed by atoms with Crippen LogP contribution < -0.4 is 0 Å². The number of nitrogens with zero attached hydrogens (tertiary/aromatic N) is 4. The van der Waals surface area contributed by atoms with Gasteiger partial charge in [0.25, 0.3) is 5.91 Å². The van der Waals surface area contributed by atoms with Gasteiger partial charge in [0.15, 0.2) is 0 Å². The largest absolute Gasteiger partial charge is 0.348 e. The first-order valence-corrected chi connectivity index (χ1v) is 8.15. The summed E-state index contributed by atoms with van der Waals surface area (Å²) >= 11 is 0. The minimum absolute atomic E-state index is 0.110. The minimum Gasteiger partial charge on any atom is -0.348 e. The normalized spacial score (nSPS) is 17.6. The van der Waals surface area contributed by atoms with Crippen molar-refractivity contribution >= 4 is 5.91 Å². The second kappa shape index (κ2) is 5.99. The predicted molar refractivity (Wildman–Crippen MR) is 85.8 cm³/mol. The summed E-state index contributed by atoms with van der Waals surface area (Å²) < 4.78 is 4.19. The molecule has 1 atom stereocenters. The molecule has 0 bridgehead atoms. The van der Waals surface area contributed by atoms with Crippen LogP contribution in [0.1, 0.15) is 54.5 Å². The lowest BCUT2D eigenvalue weighted by atomic mass is 10.1. The van der Waals surface area contributed by atoms with E-state index < -0.39 is 0 Å². The molecule has 3 rings (SSSR count). The number of rotatable bonds is 4. The third-order valence-electron chi connectivity index (χ3n) is 4.58. The van der Waals surface area contributed by atoms with E-state index in [1.54, 1.807) is 6.20 Å². The summed E-state index contributed by atoms with van der Waals surface area (Å²) in [7, 11) is 0. The van der Waals surface area contributed by atoms with Crippen LogP contribution in [0.4, 0.5) is 0 Å². The van der Waals surface area contributed by atoms with Gasteiger partial charge in [-0.1, -0.05) is 13.8 Å². The lowest BCUT2D eigenvalue weighted by Crippen LogP contribution is -2.41. The van der Waals surface area contributed by atoms with Crippen molar-refractivity contribution in [1.29, 1.82) is 0 Å². The van der Waals surface area contributed by atoms with Crippen LogP contribution in [0.15, 0.2) is 24.5 Å². The highest BCUT2D eigenvalue weighted by atomic mass is 16.2. The number of carbonyl (C=O) groups is 1. The van der Waals surface area contributed by atoms with Crippen molar-refractivity contribution in [2.75, 3.05) is 6.54 Å². The molecule has 0 fully saturated rings. The van der Waals surface area contributed by atoms with Gasteiger partial charge in [-0.2, -0.15) is 5.10 Å². The summed E-state index contributed by atoms with van der Waals surface area (Å²) in [5, 5.41) is 4.37. The van der Waals surface area contributed by atoms with Crippen LogP contribution in [0.2, 0.25) is 0 Å². The fourth-order valence-corrected chi connectivity index (χ4v) is 3.39. The zero-order valence-corrected chi connectivity index (χ0v) is 13.6. The van der Waals surface area contributed by atoms with Crippen LogP contribution in [0.25, 0.3) is 0 Å². The molecule has 1 amide bonds. The average molecular weight is 300 g/mol. The maximum absolute atomic E-state index is 13.0. The summed E-state index contributed by atoms with van der Waals surface area (Å²) in [4.78, 5) is 15.0. The van der Waals surface area contributed by atoms with E-state index >= 15 is 0 Å². The molecule has 118 valence electrons. The number of amides is 1. The van der Waals surface area contributed by atoms with Gasteiger partial charge in [-0.3, -0.25) is 9.48 Å². The number of hydrogen-bond acceptors (Lipinski definition) is 2. The fourth-order valence-electron chi connectivity index (χ4n) is 3.39. The smallest absolute Gasteiger partial charge is 0.257 e. The fraction of sp³-hybridized carbons (Fsp3) is 0.529. The van der Waals surface area contributed by atoms with Crippen molar-refractivity contribution in [3.63, 3.8) is 0 Å². The molecule has 2 aromatic heterocycles. The molecule has 1 aliphatic rings. The number of hydrogen-bond donors (Lipinski definition) is 0. The molecule has 0 unspecified atom stereocenters. The van der Waals surface area contributed by atoms with Crippen molar-refractivity contribution in [1.82, 2.24) is 19.2 Å². The van der Waals surface area contributed by atoms with Crippen LogP contribution in [-0.2, 0) is 13.1 Å². The quantitative estimate of drug-likeness (QED) is 0.871. The van der Waals surface area contributed by atoms with Gasteiger partial charge in [0.05, 0.1) is 17.8 Å². The van der Waals surface area contributed by atoms with Crippen molar-refractivity contribution < 1.29 is 4.79 Å². The molecule has 0 aliphatic carbocycles. The zero-order valence-electron chi connectivity index (χ0n) is 13.6. The summed E-state index contributed by atoms with van der Waals surface area (Å²) in [6.07, 6.45) is 5.78. The van der Waals surface area contributed by atoms with Gasteiger partial charge in [-0.25, -0.2) is 0 Å². The molecule has 0 spiro atoms. The molecule has 0 saturated heterocycles. The van der Waals surface area contributed by atoms with Crippen molar-refractivity contribution in [3.8, 4) is 0 Å². The highest BCUT2D eigenvalue weighted by Gasteiger charge is 2.31. The maximum Gasteiger partial charge on any atom is 0.257 e. The number of aromatic nitrogens is 3. The highest BCUT2D eigenvalue weighted by molar-refractivity contribution is 5.95. The van der Waals surface area contributed by atoms with Crippen LogP contribution in [0, 0.1) is 6.92 Å². The third kappa shape index (κ3) is 2.34. The Morgan fingerprint density at radius 1 is 1.36 bits per heavy atom. The Kier molecular flexibility index (Phi) is 4.05. The Labute approximate surface area is 131 Å². The topological polar surface area (TPSA) is 43.1 Å². The molecular formula is C17H24N4O. The summed E-state index contributed by atoms with van der Waals surface area (Å²) in [6.45, 7) is 8.74. The number of carbonyl (C=O) groups excluding carboxylic acids is 1. The number of aryl methyl sites for hydroxylation is 1. The Morgan fingerprint density at radius 2 is 2.18 bits per heavy atom. The lowest BCUT2D eigenvalue weighted by molar-refractivity contribution is 0.0617. The zero-order chi connectivity index (χ0) is 15.7. The van der Waals surface area contributed by atoms with Crippen molar-refractivity contribution in [3.05, 3.63) is 41.5 Å². The van der Waals surface area contributed by atoms with E-state index in [9.17, 15) is 4.79 Å². The lowest BCUT2D eigenvalue weighted by Gasteiger charge is -2.36. The van der Waals surface area contributed by atoms with E-state index in [2.05, 4.69) is 41.8 Å². The Hall–Kier alpha value is -2.04. The van der Waals surface area contributed by atoms with Crippen molar-refractivity contribution in [2.24, 2.45) is 0 Å². The summed E-state index contributed by atoms with van der Waals surface area (Å²) in [5.74, 6) is 0.110. The van der Waals surface area contributed by atoms with Gasteiger partial charge in [-0.05, 0) is 31.9 Å². The van der Waals surface area contributed by atoms with Crippen LogP contribution in [0.3, 0.4) is 0 Å². The van der Waals surface area contributed by atoms with Crippen LogP contribution in [0.5, 0.6) is 0 Å². The van der Waals surface area contributed by atoms with Crippen LogP contribution >= 0.6 is 0 Å². The third-order valence-corrected chi connectivity index (χ3v) is 4.58. The van der Waals surface area contributed by atoms with Gasteiger partial charge in [-0.15, -0.1) is 0 Å². The average Bonchev–Trinajstić information content (AvgIpc) is 3.13. The molecule has 0 N–H and O–H groups in total. The maximum atomic E-state index is 13.0. The van der Waals surface area contributed by atoms with E-state index in [4.69, 9.17) is 0 Å². The summed E-state index contributed by atoms with van der Waals surface area (Å²) in [5.41, 5.74) is 2.95. The highest BCUT2D eigenvalue weighted by Crippen LogP contribution is 2.30. The SMILES string of the molecule is CCCn1ncc(C(=O)N2CCn3cccc3[C@H]2CC)c1C. The standard InChI is InChI=1S/C17H24N4O/c1-4-8-21-13(3)14(12-18-21)17(22)20-11-10-19-9-6-7-16(19)15(20)5-2/h6-7,9,12,15H,4-5,8,10-11H2,1-3H3/t15-/m1/s1. The van der Waals surface area contributed by atoms with Gasteiger partial charge in [0.2, 0.25) is 0 Å². The first-order chi connectivity index (χ1) is 10.7. The van der Waals surface area contributed by atoms with Gasteiger partial charge < -0.3 is 9.47 Å². The van der Waals surface area contributed by atoms with E-state index in [1.165, 1.54) is 5.69 Å². The van der Waals surface area contributed by atoms with E-state index in [0.29, 0.717) is 0 Å². The molecule has 0 radical (unpaired) electrons. The molecule has 0 saturated carbocycles. The molecule has 1 aliphatic heterocycles. The molecule has 3 heterocycles. The monoisotopic (exact) mass is 300 g/mol. The van der Waals surface area contributed by atoms with Gasteiger partial charge in [0, 0.05) is 37.2 Å². The molecular weight excluding hydrogens is 276 g/mol. The Morgan fingerprint density at radius 3 is 2.91 bits per heavy atom. The van der Waals surface area contributed by atoms with Gasteiger partial charge in [0.1, 0.15) is 0 Å². The second-order valence-corrected chi connectivity index (χ2v) is 5.92. The molecule has 2 aromatic rings. The van der Waals surface area contributed by atoms with Crippen molar-refractivity contribution in [2.45, 2.75) is 52.7 Å². The van der Waals surface area contributed by atoms with Crippen LogP contribution in [-0.4, -0.2) is 31.7 Å². The second-order valence-electron chi connectivity index (χ2n) is 5.92. The summed E-state index contributed by atoms with van der Waals surface area (Å²) in [6, 6.07) is 4.35. The molecule has 5 nitrogen and oxygen atoms in total. The Bertz CT molecular complexity index is 670. The molecule has 22 heavy (non-hydrogen) atoms. The first kappa shape index (κ1) is 14.9. The van der Waals surface area contributed by atoms with E-state index in [0.717, 1.165) is 43.7 Å². The van der Waals surface area contributed by atoms with Gasteiger partial charge >= 0.3 is 0 Å². The number of fused-ring (bicyclic) bond motifs is 1. The Balaban J connectivity index is 1.89. The minimum atomic E-state index is 0.110. The van der Waals surface area contributed by atoms with E-state index in [1.807, 2.05) is 16.5 Å².